The van der Waals surface area contributed by atoms with Gasteiger partial charge >= 0.3 is 11.9 Å². The Morgan fingerprint density at radius 2 is 0.741 bits per heavy atom. The molecule has 0 heterocycles. The predicted molar refractivity (Wildman–Crippen MR) is 233 cm³/mol. The summed E-state index contributed by atoms with van der Waals surface area (Å²) in [7, 11) is 0. The number of hydrogen-bond acceptors (Lipinski definition) is 5. The SMILES string of the molecule is CCCCCCC/C=C\C/C=C\CCCCCCCCCCCCCCCCCC(=O)OC(CO)COC(=O)CCCCCCCCCCCCCCC. The summed E-state index contributed by atoms with van der Waals surface area (Å²) < 4.78 is 10.6. The molecule has 0 aliphatic heterocycles. The second-order valence-electron chi connectivity index (χ2n) is 16.2. The van der Waals surface area contributed by atoms with Crippen molar-refractivity contribution < 1.29 is 24.2 Å². The first-order valence-electron chi connectivity index (χ1n) is 23.9. The van der Waals surface area contributed by atoms with Crippen LogP contribution >= 0.6 is 0 Å². The summed E-state index contributed by atoms with van der Waals surface area (Å²) in [4.78, 5) is 24.3. The van der Waals surface area contributed by atoms with Gasteiger partial charge in [-0.05, 0) is 44.9 Å². The highest BCUT2D eigenvalue weighted by Crippen LogP contribution is 2.16. The van der Waals surface area contributed by atoms with E-state index in [1.165, 1.54) is 186 Å². The zero-order valence-electron chi connectivity index (χ0n) is 36.3. The third kappa shape index (κ3) is 43.1. The van der Waals surface area contributed by atoms with Crippen LogP contribution in [0.1, 0.15) is 258 Å². The van der Waals surface area contributed by atoms with Crippen LogP contribution in [0.2, 0.25) is 0 Å². The second kappa shape index (κ2) is 45.8. The fourth-order valence-electron chi connectivity index (χ4n) is 7.12. The van der Waals surface area contributed by atoms with Gasteiger partial charge in [-0.25, -0.2) is 0 Å². The minimum atomic E-state index is -0.766. The van der Waals surface area contributed by atoms with E-state index in [2.05, 4.69) is 38.2 Å². The number of esters is 2. The number of rotatable bonds is 44. The van der Waals surface area contributed by atoms with Crippen molar-refractivity contribution in [2.24, 2.45) is 0 Å². The number of unbranched alkanes of at least 4 members (excludes halogenated alkanes) is 32. The first kappa shape index (κ1) is 52.4. The Morgan fingerprint density at radius 3 is 1.09 bits per heavy atom. The number of carbonyl (C=O) groups excluding carboxylic acids is 2. The summed E-state index contributed by atoms with van der Waals surface area (Å²) in [5.74, 6) is -0.578. The second-order valence-corrected chi connectivity index (χ2v) is 16.2. The number of aliphatic hydroxyl groups is 1. The molecule has 0 aliphatic rings. The van der Waals surface area contributed by atoms with Crippen LogP contribution in [0.5, 0.6) is 0 Å². The highest BCUT2D eigenvalue weighted by atomic mass is 16.6. The average Bonchev–Trinajstić information content (AvgIpc) is 3.17. The highest BCUT2D eigenvalue weighted by Gasteiger charge is 2.16. The summed E-state index contributed by atoms with van der Waals surface area (Å²) in [6, 6.07) is 0. The monoisotopic (exact) mass is 761 g/mol. The lowest BCUT2D eigenvalue weighted by atomic mass is 10.0. The van der Waals surface area contributed by atoms with Gasteiger partial charge < -0.3 is 14.6 Å². The van der Waals surface area contributed by atoms with Crippen molar-refractivity contribution in [2.45, 2.75) is 264 Å². The van der Waals surface area contributed by atoms with Crippen molar-refractivity contribution in [3.05, 3.63) is 24.3 Å². The fraction of sp³-hybridized carbons (Fsp3) is 0.878. The van der Waals surface area contributed by atoms with Crippen molar-refractivity contribution in [3.63, 3.8) is 0 Å². The van der Waals surface area contributed by atoms with E-state index in [9.17, 15) is 14.7 Å². The van der Waals surface area contributed by atoms with E-state index >= 15 is 0 Å². The van der Waals surface area contributed by atoms with Crippen LogP contribution in [-0.4, -0.2) is 36.4 Å². The van der Waals surface area contributed by atoms with E-state index in [1.807, 2.05) is 0 Å². The van der Waals surface area contributed by atoms with Gasteiger partial charge in [-0.2, -0.15) is 0 Å². The molecule has 5 nitrogen and oxygen atoms in total. The van der Waals surface area contributed by atoms with Crippen molar-refractivity contribution in [2.75, 3.05) is 13.2 Å². The molecule has 0 aromatic rings. The van der Waals surface area contributed by atoms with E-state index in [1.54, 1.807) is 0 Å². The van der Waals surface area contributed by atoms with Gasteiger partial charge in [0.05, 0.1) is 6.61 Å². The molecule has 54 heavy (non-hydrogen) atoms. The number of hydrogen-bond donors (Lipinski definition) is 1. The number of carbonyl (C=O) groups is 2. The molecule has 0 aromatic heterocycles. The van der Waals surface area contributed by atoms with Crippen LogP contribution < -0.4 is 0 Å². The smallest absolute Gasteiger partial charge is 0.306 e. The average molecular weight is 761 g/mol. The van der Waals surface area contributed by atoms with Crippen molar-refractivity contribution in [1.82, 2.24) is 0 Å². The summed E-state index contributed by atoms with van der Waals surface area (Å²) >= 11 is 0. The van der Waals surface area contributed by atoms with Gasteiger partial charge in [0.2, 0.25) is 0 Å². The van der Waals surface area contributed by atoms with Crippen LogP contribution in [0, 0.1) is 0 Å². The molecule has 1 unspecified atom stereocenters. The van der Waals surface area contributed by atoms with E-state index in [-0.39, 0.29) is 25.2 Å². The minimum absolute atomic E-state index is 0.0600. The molecule has 0 spiro atoms. The van der Waals surface area contributed by atoms with E-state index in [4.69, 9.17) is 9.47 Å². The maximum absolute atomic E-state index is 12.2. The molecule has 0 amide bonds. The van der Waals surface area contributed by atoms with E-state index in [0.29, 0.717) is 12.8 Å². The van der Waals surface area contributed by atoms with E-state index < -0.39 is 6.10 Å². The number of ether oxygens (including phenoxy) is 2. The summed E-state index contributed by atoms with van der Waals surface area (Å²) in [6.45, 7) is 4.15. The lowest BCUT2D eigenvalue weighted by molar-refractivity contribution is -0.161. The van der Waals surface area contributed by atoms with Crippen molar-refractivity contribution in [1.29, 1.82) is 0 Å². The third-order valence-corrected chi connectivity index (χ3v) is 10.7. The molecule has 0 rings (SSSR count). The van der Waals surface area contributed by atoms with Gasteiger partial charge in [0.1, 0.15) is 6.61 Å². The number of allylic oxidation sites excluding steroid dienone is 4. The molecule has 5 heteroatoms. The summed E-state index contributed by atoms with van der Waals surface area (Å²) in [6.07, 6.45) is 55.5. The Labute approximate surface area is 336 Å². The molecule has 0 aliphatic carbocycles. The van der Waals surface area contributed by atoms with Gasteiger partial charge in [0.25, 0.3) is 0 Å². The molecule has 1 N–H and O–H groups in total. The largest absolute Gasteiger partial charge is 0.462 e. The predicted octanol–water partition coefficient (Wildman–Crippen LogP) is 15.4. The van der Waals surface area contributed by atoms with Gasteiger partial charge in [-0.3, -0.25) is 9.59 Å². The molecule has 0 radical (unpaired) electrons. The lowest BCUT2D eigenvalue weighted by Crippen LogP contribution is -2.28. The van der Waals surface area contributed by atoms with Crippen molar-refractivity contribution >= 4 is 11.9 Å². The standard InChI is InChI=1S/C49H92O5/c1-3-5-7-9-11-13-15-17-18-19-20-21-22-23-24-25-26-27-28-29-30-32-34-36-38-40-42-44-49(52)54-47(45-50)46-53-48(51)43-41-39-37-35-33-31-16-14-12-10-8-6-4-2/h15,17,19-20,47,50H,3-14,16,18,21-46H2,1-2H3/b17-15-,20-19-. The number of aliphatic hydroxyl groups excluding tert-OH is 1. The Hall–Kier alpha value is -1.62. The molecule has 318 valence electrons. The van der Waals surface area contributed by atoms with Gasteiger partial charge in [-0.1, -0.05) is 224 Å². The lowest BCUT2D eigenvalue weighted by Gasteiger charge is -2.15. The Kier molecular flexibility index (Phi) is 44.4. The van der Waals surface area contributed by atoms with Gasteiger partial charge in [0.15, 0.2) is 6.10 Å². The van der Waals surface area contributed by atoms with Crippen molar-refractivity contribution in [3.8, 4) is 0 Å². The summed E-state index contributed by atoms with van der Waals surface area (Å²) in [5.41, 5.74) is 0. The van der Waals surface area contributed by atoms with Gasteiger partial charge in [0, 0.05) is 12.8 Å². The molecule has 0 aromatic carbocycles. The van der Waals surface area contributed by atoms with Crippen LogP contribution in [0.25, 0.3) is 0 Å². The molecule has 0 bridgehead atoms. The van der Waals surface area contributed by atoms with Crippen LogP contribution in [0.4, 0.5) is 0 Å². The zero-order valence-corrected chi connectivity index (χ0v) is 36.3. The molecule has 0 saturated carbocycles. The Balaban J connectivity index is 3.45. The topological polar surface area (TPSA) is 72.8 Å². The van der Waals surface area contributed by atoms with Gasteiger partial charge in [-0.15, -0.1) is 0 Å². The first-order chi connectivity index (χ1) is 26.6. The first-order valence-corrected chi connectivity index (χ1v) is 23.9. The highest BCUT2D eigenvalue weighted by molar-refractivity contribution is 5.70. The molecule has 0 saturated heterocycles. The maximum atomic E-state index is 12.2. The minimum Gasteiger partial charge on any atom is -0.462 e. The third-order valence-electron chi connectivity index (χ3n) is 10.7. The maximum Gasteiger partial charge on any atom is 0.306 e. The molecular weight excluding hydrogens is 669 g/mol. The normalized spacial score (nSPS) is 12.3. The van der Waals surface area contributed by atoms with Crippen LogP contribution in [0.3, 0.4) is 0 Å². The molecule has 0 fully saturated rings. The fourth-order valence-corrected chi connectivity index (χ4v) is 7.12. The molecular formula is C49H92O5. The zero-order chi connectivity index (χ0) is 39.3. The summed E-state index contributed by atoms with van der Waals surface area (Å²) in [5, 5.41) is 9.59. The quantitative estimate of drug-likeness (QED) is 0.0380. The van der Waals surface area contributed by atoms with Crippen LogP contribution in [-0.2, 0) is 19.1 Å². The van der Waals surface area contributed by atoms with E-state index in [0.717, 1.165) is 44.9 Å². The molecule has 1 atom stereocenters. The Bertz CT molecular complexity index is 821. The van der Waals surface area contributed by atoms with Crippen LogP contribution in [0.15, 0.2) is 24.3 Å². The Morgan fingerprint density at radius 1 is 0.426 bits per heavy atom.